The molecule has 20 heavy (non-hydrogen) atoms. The molecule has 1 saturated heterocycles. The first-order valence-electron chi connectivity index (χ1n) is 6.17. The fraction of sp³-hybridized carbons (Fsp3) is 0.357. The van der Waals surface area contributed by atoms with Crippen molar-refractivity contribution in [3.8, 4) is 12.3 Å². The number of nitrogens with zero attached hydrogens (tertiary/aromatic N) is 1. The van der Waals surface area contributed by atoms with Crippen molar-refractivity contribution in [2.75, 3.05) is 19.6 Å². The number of hydrogen-bond acceptors (Lipinski definition) is 2. The van der Waals surface area contributed by atoms with Gasteiger partial charge in [0.15, 0.2) is 0 Å². The average molecular weight is 280 g/mol. The number of fused-ring (bicyclic) bond motifs is 3. The molecule has 3 rings (SSSR count). The zero-order valence-corrected chi connectivity index (χ0v) is 10.4. The highest BCUT2D eigenvalue weighted by Crippen LogP contribution is 2.42. The first-order valence-corrected chi connectivity index (χ1v) is 6.17. The lowest BCUT2D eigenvalue weighted by Crippen LogP contribution is -2.44. The van der Waals surface area contributed by atoms with E-state index in [-0.39, 0.29) is 17.2 Å². The number of piperazine rings is 1. The van der Waals surface area contributed by atoms with Gasteiger partial charge in [0.2, 0.25) is 0 Å². The van der Waals surface area contributed by atoms with Gasteiger partial charge in [-0.3, -0.25) is 4.79 Å². The Kier molecular flexibility index (Phi) is 2.76. The van der Waals surface area contributed by atoms with E-state index in [4.69, 9.17) is 6.42 Å². The zero-order chi connectivity index (χ0) is 14.5. The fourth-order valence-electron chi connectivity index (χ4n) is 2.84. The lowest BCUT2D eigenvalue weighted by Gasteiger charge is -2.30. The fourth-order valence-corrected chi connectivity index (χ4v) is 2.84. The van der Waals surface area contributed by atoms with E-state index >= 15 is 0 Å². The molecular formula is C14H11F3N2O. The van der Waals surface area contributed by atoms with Gasteiger partial charge in [0, 0.05) is 25.2 Å². The number of rotatable bonds is 0. The largest absolute Gasteiger partial charge is 0.417 e. The van der Waals surface area contributed by atoms with Crippen molar-refractivity contribution in [2.24, 2.45) is 0 Å². The van der Waals surface area contributed by atoms with E-state index in [2.05, 4.69) is 11.2 Å². The van der Waals surface area contributed by atoms with Crippen LogP contribution < -0.4 is 5.32 Å². The number of alkyl halides is 3. The highest BCUT2D eigenvalue weighted by Gasteiger charge is 2.45. The molecule has 104 valence electrons. The highest BCUT2D eigenvalue weighted by molar-refractivity contribution is 6.01. The van der Waals surface area contributed by atoms with Gasteiger partial charge in [-0.05, 0) is 17.7 Å². The lowest BCUT2D eigenvalue weighted by atomic mass is 9.95. The van der Waals surface area contributed by atoms with Crippen LogP contribution in [0.25, 0.3) is 0 Å². The van der Waals surface area contributed by atoms with Crippen molar-refractivity contribution < 1.29 is 18.0 Å². The third-order valence-electron chi connectivity index (χ3n) is 3.72. The molecule has 1 N–H and O–H groups in total. The Balaban J connectivity index is 2.24. The summed E-state index contributed by atoms with van der Waals surface area (Å²) in [7, 11) is 0. The number of terminal acetylenes is 1. The maximum Gasteiger partial charge on any atom is 0.417 e. The van der Waals surface area contributed by atoms with Crippen molar-refractivity contribution in [1.29, 1.82) is 0 Å². The Hall–Kier alpha value is -2.00. The molecule has 1 atom stereocenters. The van der Waals surface area contributed by atoms with Crippen LogP contribution in [-0.4, -0.2) is 30.4 Å². The minimum Gasteiger partial charge on any atom is -0.329 e. The molecule has 1 aromatic rings. The topological polar surface area (TPSA) is 32.3 Å². The SMILES string of the molecule is C#Cc1cc2c(c(C(F)(F)F)c1)C(=O)N1CCNC[C@@H]21. The van der Waals surface area contributed by atoms with Gasteiger partial charge in [-0.1, -0.05) is 5.92 Å². The summed E-state index contributed by atoms with van der Waals surface area (Å²) in [6.07, 6.45) is 0.639. The van der Waals surface area contributed by atoms with Crippen molar-refractivity contribution in [1.82, 2.24) is 10.2 Å². The summed E-state index contributed by atoms with van der Waals surface area (Å²) in [6.45, 7) is 1.44. The average Bonchev–Trinajstić information content (AvgIpc) is 2.71. The lowest BCUT2D eigenvalue weighted by molar-refractivity contribution is -0.138. The molecule has 0 unspecified atom stereocenters. The number of nitrogens with one attached hydrogen (secondary N) is 1. The van der Waals surface area contributed by atoms with Gasteiger partial charge < -0.3 is 10.2 Å². The number of carbonyl (C=O) groups excluding carboxylic acids is 1. The van der Waals surface area contributed by atoms with Crippen LogP contribution in [0.1, 0.15) is 33.1 Å². The van der Waals surface area contributed by atoms with Gasteiger partial charge in [0.05, 0.1) is 17.2 Å². The van der Waals surface area contributed by atoms with Crippen LogP contribution in [0.3, 0.4) is 0 Å². The van der Waals surface area contributed by atoms with E-state index < -0.39 is 17.6 Å². The third-order valence-corrected chi connectivity index (χ3v) is 3.72. The second kappa shape index (κ2) is 4.25. The summed E-state index contributed by atoms with van der Waals surface area (Å²) >= 11 is 0. The molecule has 0 radical (unpaired) electrons. The van der Waals surface area contributed by atoms with Gasteiger partial charge in [0.25, 0.3) is 5.91 Å². The van der Waals surface area contributed by atoms with Crippen LogP contribution in [-0.2, 0) is 6.18 Å². The molecule has 6 heteroatoms. The molecule has 0 aliphatic carbocycles. The highest BCUT2D eigenvalue weighted by atomic mass is 19.4. The van der Waals surface area contributed by atoms with E-state index in [1.165, 1.54) is 11.0 Å². The number of benzene rings is 1. The number of halogens is 3. The number of hydrogen-bond donors (Lipinski definition) is 1. The Morgan fingerprint density at radius 2 is 2.15 bits per heavy atom. The smallest absolute Gasteiger partial charge is 0.329 e. The summed E-state index contributed by atoms with van der Waals surface area (Å²) in [5, 5.41) is 3.09. The van der Waals surface area contributed by atoms with Gasteiger partial charge in [-0.15, -0.1) is 6.42 Å². The standard InChI is InChI=1S/C14H11F3N2O/c1-2-8-5-9-11-7-18-3-4-19(11)13(20)12(9)10(6-8)14(15,16)17/h1,5-6,11,18H,3-4,7H2/t11-/m0/s1. The molecule has 1 aromatic carbocycles. The van der Waals surface area contributed by atoms with Gasteiger partial charge in [-0.2, -0.15) is 13.2 Å². The monoisotopic (exact) mass is 280 g/mol. The number of amides is 1. The zero-order valence-electron chi connectivity index (χ0n) is 10.4. The summed E-state index contributed by atoms with van der Waals surface area (Å²) in [5.41, 5.74) is -0.645. The van der Waals surface area contributed by atoms with Crippen molar-refractivity contribution >= 4 is 5.91 Å². The van der Waals surface area contributed by atoms with E-state index in [1.807, 2.05) is 0 Å². The summed E-state index contributed by atoms with van der Waals surface area (Å²) in [4.78, 5) is 13.7. The Bertz CT molecular complexity index is 631. The molecule has 2 aliphatic rings. The second-order valence-electron chi connectivity index (χ2n) is 4.85. The molecule has 3 nitrogen and oxygen atoms in total. The van der Waals surface area contributed by atoms with Crippen molar-refractivity contribution in [3.63, 3.8) is 0 Å². The predicted molar refractivity (Wildman–Crippen MR) is 66.0 cm³/mol. The van der Waals surface area contributed by atoms with E-state index in [0.717, 1.165) is 6.07 Å². The Morgan fingerprint density at radius 1 is 1.40 bits per heavy atom. The first kappa shape index (κ1) is 13.0. The molecule has 1 fully saturated rings. The van der Waals surface area contributed by atoms with Crippen LogP contribution in [0.2, 0.25) is 0 Å². The summed E-state index contributed by atoms with van der Waals surface area (Å²) in [5.74, 6) is 1.68. The van der Waals surface area contributed by atoms with Crippen LogP contribution in [0, 0.1) is 12.3 Å². The van der Waals surface area contributed by atoms with Crippen molar-refractivity contribution in [2.45, 2.75) is 12.2 Å². The van der Waals surface area contributed by atoms with Crippen LogP contribution in [0.4, 0.5) is 13.2 Å². The van der Waals surface area contributed by atoms with E-state index in [9.17, 15) is 18.0 Å². The maximum absolute atomic E-state index is 13.2. The van der Waals surface area contributed by atoms with Crippen LogP contribution in [0.5, 0.6) is 0 Å². The summed E-state index contributed by atoms with van der Waals surface area (Å²) in [6, 6.07) is 2.03. The quantitative estimate of drug-likeness (QED) is 0.735. The molecule has 2 heterocycles. The molecule has 0 bridgehead atoms. The predicted octanol–water partition coefficient (Wildman–Crippen LogP) is 1.79. The maximum atomic E-state index is 13.2. The first-order chi connectivity index (χ1) is 9.43. The molecule has 0 saturated carbocycles. The van der Waals surface area contributed by atoms with Gasteiger partial charge in [-0.25, -0.2) is 0 Å². The van der Waals surface area contributed by atoms with Crippen LogP contribution in [0.15, 0.2) is 12.1 Å². The molecule has 0 aromatic heterocycles. The van der Waals surface area contributed by atoms with Crippen molar-refractivity contribution in [3.05, 3.63) is 34.4 Å². The number of carbonyl (C=O) groups is 1. The molecular weight excluding hydrogens is 269 g/mol. The van der Waals surface area contributed by atoms with Gasteiger partial charge in [0.1, 0.15) is 0 Å². The second-order valence-corrected chi connectivity index (χ2v) is 4.85. The molecule has 1 amide bonds. The third kappa shape index (κ3) is 1.78. The molecule has 2 aliphatic heterocycles. The minimum absolute atomic E-state index is 0.149. The molecule has 0 spiro atoms. The van der Waals surface area contributed by atoms with E-state index in [0.29, 0.717) is 25.2 Å². The van der Waals surface area contributed by atoms with E-state index in [1.54, 1.807) is 0 Å². The summed E-state index contributed by atoms with van der Waals surface area (Å²) < 4.78 is 39.5. The normalized spacial score (nSPS) is 21.4. The Labute approximate surface area is 113 Å². The van der Waals surface area contributed by atoms with Crippen LogP contribution >= 0.6 is 0 Å². The van der Waals surface area contributed by atoms with Gasteiger partial charge >= 0.3 is 6.18 Å². The minimum atomic E-state index is -4.59. The Morgan fingerprint density at radius 3 is 2.80 bits per heavy atom.